The molecule has 2 rings (SSSR count). The quantitative estimate of drug-likeness (QED) is 0.400. The van der Waals surface area contributed by atoms with Gasteiger partial charge in [0.05, 0.1) is 13.2 Å². The van der Waals surface area contributed by atoms with Gasteiger partial charge in [-0.05, 0) is 17.5 Å². The average molecular weight is 426 g/mol. The standard InChI is InChI=1S/C18H24F6N4O/c1-25-16(27-15-6-7-28(9-15)11-17(19,20)21)26-8-13-2-4-14(5-3-13)10-29-12-18(22,23)24/h2-5,15H,6-12H2,1H3,(H2,25,26,27). The predicted octanol–water partition coefficient (Wildman–Crippen LogP) is 3.07. The van der Waals surface area contributed by atoms with Crippen LogP contribution in [0.3, 0.4) is 0 Å². The second-order valence-electron chi connectivity index (χ2n) is 6.83. The molecule has 2 N–H and O–H groups in total. The van der Waals surface area contributed by atoms with Gasteiger partial charge in [0.15, 0.2) is 5.96 Å². The van der Waals surface area contributed by atoms with Crippen molar-refractivity contribution in [2.45, 2.75) is 38.0 Å². The van der Waals surface area contributed by atoms with Crippen molar-refractivity contribution in [3.63, 3.8) is 0 Å². The number of guanidine groups is 1. The molecule has 0 amide bonds. The summed E-state index contributed by atoms with van der Waals surface area (Å²) in [5.41, 5.74) is 1.49. The van der Waals surface area contributed by atoms with Gasteiger partial charge in [0.2, 0.25) is 0 Å². The molecule has 164 valence electrons. The Morgan fingerprint density at radius 1 is 1.10 bits per heavy atom. The van der Waals surface area contributed by atoms with Gasteiger partial charge in [0, 0.05) is 32.7 Å². The van der Waals surface area contributed by atoms with E-state index in [-0.39, 0.29) is 19.2 Å². The Hall–Kier alpha value is -2.01. The third-order valence-corrected chi connectivity index (χ3v) is 4.26. The fourth-order valence-electron chi connectivity index (χ4n) is 2.96. The highest BCUT2D eigenvalue weighted by atomic mass is 19.4. The van der Waals surface area contributed by atoms with E-state index in [9.17, 15) is 26.3 Å². The fourth-order valence-corrected chi connectivity index (χ4v) is 2.96. The molecule has 11 heteroatoms. The van der Waals surface area contributed by atoms with Crippen molar-refractivity contribution in [2.24, 2.45) is 4.99 Å². The monoisotopic (exact) mass is 426 g/mol. The van der Waals surface area contributed by atoms with Crippen LogP contribution in [0, 0.1) is 0 Å². The van der Waals surface area contributed by atoms with Gasteiger partial charge < -0.3 is 15.4 Å². The number of nitrogens with zero attached hydrogens (tertiary/aromatic N) is 2. The number of nitrogens with one attached hydrogen (secondary N) is 2. The molecule has 0 spiro atoms. The Bertz CT molecular complexity index is 660. The van der Waals surface area contributed by atoms with Crippen LogP contribution in [0.15, 0.2) is 29.3 Å². The summed E-state index contributed by atoms with van der Waals surface area (Å²) in [6, 6.07) is 6.74. The maximum Gasteiger partial charge on any atom is 0.411 e. The van der Waals surface area contributed by atoms with E-state index in [1.807, 2.05) is 0 Å². The van der Waals surface area contributed by atoms with Gasteiger partial charge in [-0.25, -0.2) is 0 Å². The second kappa shape index (κ2) is 10.1. The van der Waals surface area contributed by atoms with Gasteiger partial charge in [-0.1, -0.05) is 24.3 Å². The smallest absolute Gasteiger partial charge is 0.367 e. The minimum atomic E-state index is -4.35. The predicted molar refractivity (Wildman–Crippen MR) is 96.4 cm³/mol. The molecular formula is C18H24F6N4O. The summed E-state index contributed by atoms with van der Waals surface area (Å²) in [5.74, 6) is 0.474. The first-order chi connectivity index (χ1) is 13.5. The van der Waals surface area contributed by atoms with Gasteiger partial charge in [-0.15, -0.1) is 0 Å². The lowest BCUT2D eigenvalue weighted by molar-refractivity contribution is -0.176. The highest BCUT2D eigenvalue weighted by molar-refractivity contribution is 5.80. The van der Waals surface area contributed by atoms with Crippen LogP contribution in [0.4, 0.5) is 26.3 Å². The Labute approximate surface area is 165 Å². The van der Waals surface area contributed by atoms with E-state index in [4.69, 9.17) is 0 Å². The molecule has 1 fully saturated rings. The van der Waals surface area contributed by atoms with Gasteiger partial charge in [-0.3, -0.25) is 9.89 Å². The Morgan fingerprint density at radius 2 is 1.76 bits per heavy atom. The lowest BCUT2D eigenvalue weighted by atomic mass is 10.1. The van der Waals surface area contributed by atoms with Crippen molar-refractivity contribution in [2.75, 3.05) is 33.3 Å². The normalized spacial score (nSPS) is 18.9. The summed E-state index contributed by atoms with van der Waals surface area (Å²) in [6.45, 7) is -1.29. The van der Waals surface area contributed by atoms with Gasteiger partial charge in [0.25, 0.3) is 0 Å². The fraction of sp³-hybridized carbons (Fsp3) is 0.611. The molecule has 0 saturated carbocycles. The van der Waals surface area contributed by atoms with Crippen LogP contribution in [0.5, 0.6) is 0 Å². The lowest BCUT2D eigenvalue weighted by Crippen LogP contribution is -2.44. The average Bonchev–Trinajstić information content (AvgIpc) is 3.03. The van der Waals surface area contributed by atoms with Crippen LogP contribution in [0.1, 0.15) is 17.5 Å². The van der Waals surface area contributed by atoms with E-state index < -0.39 is 25.5 Å². The summed E-state index contributed by atoms with van der Waals surface area (Å²) in [6.07, 6.45) is -7.97. The van der Waals surface area contributed by atoms with E-state index in [1.165, 1.54) is 4.90 Å². The molecule has 1 heterocycles. The number of hydrogen-bond acceptors (Lipinski definition) is 3. The molecule has 1 aromatic rings. The number of ether oxygens (including phenoxy) is 1. The molecule has 1 saturated heterocycles. The molecule has 0 aliphatic carbocycles. The molecular weight excluding hydrogens is 402 g/mol. The lowest BCUT2D eigenvalue weighted by Gasteiger charge is -2.20. The number of aliphatic imine (C=N–C) groups is 1. The van der Waals surface area contributed by atoms with E-state index in [0.717, 1.165) is 5.56 Å². The third-order valence-electron chi connectivity index (χ3n) is 4.26. The van der Waals surface area contributed by atoms with Crippen LogP contribution in [0.2, 0.25) is 0 Å². The maximum atomic E-state index is 12.5. The zero-order valence-corrected chi connectivity index (χ0v) is 15.9. The molecule has 1 unspecified atom stereocenters. The Balaban J connectivity index is 1.74. The summed E-state index contributed by atoms with van der Waals surface area (Å²) < 4.78 is 78.2. The molecule has 0 radical (unpaired) electrons. The van der Waals surface area contributed by atoms with Crippen molar-refractivity contribution in [1.29, 1.82) is 0 Å². The minimum Gasteiger partial charge on any atom is -0.367 e. The van der Waals surface area contributed by atoms with E-state index in [1.54, 1.807) is 31.3 Å². The van der Waals surface area contributed by atoms with Crippen molar-refractivity contribution in [3.8, 4) is 0 Å². The highest BCUT2D eigenvalue weighted by Gasteiger charge is 2.34. The number of likely N-dealkylation sites (tertiary alicyclic amines) is 1. The van der Waals surface area contributed by atoms with Crippen LogP contribution in [-0.4, -0.2) is 62.5 Å². The number of benzene rings is 1. The largest absolute Gasteiger partial charge is 0.411 e. The highest BCUT2D eigenvalue weighted by Crippen LogP contribution is 2.20. The first-order valence-electron chi connectivity index (χ1n) is 9.03. The molecule has 1 aliphatic rings. The first kappa shape index (κ1) is 23.3. The number of rotatable bonds is 7. The number of halogens is 6. The zero-order valence-electron chi connectivity index (χ0n) is 15.9. The molecule has 1 aromatic carbocycles. The van der Waals surface area contributed by atoms with Gasteiger partial charge in [0.1, 0.15) is 6.61 Å². The number of alkyl halides is 6. The first-order valence-corrected chi connectivity index (χ1v) is 9.03. The zero-order chi connectivity index (χ0) is 21.5. The molecule has 1 atom stereocenters. The van der Waals surface area contributed by atoms with Crippen molar-refractivity contribution >= 4 is 5.96 Å². The second-order valence-corrected chi connectivity index (χ2v) is 6.83. The Morgan fingerprint density at radius 3 is 2.34 bits per heavy atom. The molecule has 0 aromatic heterocycles. The van der Waals surface area contributed by atoms with Crippen LogP contribution >= 0.6 is 0 Å². The Kier molecular flexibility index (Phi) is 8.14. The van der Waals surface area contributed by atoms with E-state index in [2.05, 4.69) is 20.4 Å². The van der Waals surface area contributed by atoms with Crippen LogP contribution < -0.4 is 10.6 Å². The number of hydrogen-bond donors (Lipinski definition) is 2. The third kappa shape index (κ3) is 9.35. The molecule has 5 nitrogen and oxygen atoms in total. The maximum absolute atomic E-state index is 12.5. The van der Waals surface area contributed by atoms with Crippen LogP contribution in [-0.2, 0) is 17.9 Å². The minimum absolute atomic E-state index is 0.128. The summed E-state index contributed by atoms with van der Waals surface area (Å²) in [4.78, 5) is 5.43. The molecule has 29 heavy (non-hydrogen) atoms. The van der Waals surface area contributed by atoms with Crippen molar-refractivity contribution in [3.05, 3.63) is 35.4 Å². The molecule has 1 aliphatic heterocycles. The van der Waals surface area contributed by atoms with Crippen LogP contribution in [0.25, 0.3) is 0 Å². The molecule has 0 bridgehead atoms. The summed E-state index contributed by atoms with van der Waals surface area (Å²) in [5, 5.41) is 6.18. The summed E-state index contributed by atoms with van der Waals surface area (Å²) in [7, 11) is 1.57. The topological polar surface area (TPSA) is 48.9 Å². The van der Waals surface area contributed by atoms with Gasteiger partial charge >= 0.3 is 12.4 Å². The SMILES string of the molecule is CN=C(NCc1ccc(COCC(F)(F)F)cc1)NC1CCN(CC(F)(F)F)C1. The van der Waals surface area contributed by atoms with E-state index in [0.29, 0.717) is 31.0 Å². The van der Waals surface area contributed by atoms with Gasteiger partial charge in [-0.2, -0.15) is 26.3 Å². The summed E-state index contributed by atoms with van der Waals surface area (Å²) >= 11 is 0. The van der Waals surface area contributed by atoms with Crippen molar-refractivity contribution in [1.82, 2.24) is 15.5 Å². The van der Waals surface area contributed by atoms with Crippen molar-refractivity contribution < 1.29 is 31.1 Å². The van der Waals surface area contributed by atoms with E-state index >= 15 is 0 Å².